The smallest absolute Gasteiger partial charge is 0.129 e. The largest absolute Gasteiger partial charge is 0.399 e. The highest BCUT2D eigenvalue weighted by molar-refractivity contribution is 5.75. The third-order valence-corrected chi connectivity index (χ3v) is 3.01. The molecule has 0 bridgehead atoms. The molecule has 0 heterocycles. The molecule has 0 aromatic heterocycles. The van der Waals surface area contributed by atoms with E-state index in [-0.39, 0.29) is 5.78 Å². The second kappa shape index (κ2) is 31.8. The number of benzene rings is 1. The van der Waals surface area contributed by atoms with Gasteiger partial charge >= 0.3 is 0 Å². The van der Waals surface area contributed by atoms with Crippen LogP contribution >= 0.6 is 0 Å². The van der Waals surface area contributed by atoms with Gasteiger partial charge in [0.1, 0.15) is 5.78 Å². The first-order valence-corrected chi connectivity index (χ1v) is 11.1. The normalized spacial score (nSPS) is 9.45. The van der Waals surface area contributed by atoms with Gasteiger partial charge in [-0.05, 0) is 50.5 Å². The fourth-order valence-electron chi connectivity index (χ4n) is 1.62. The highest BCUT2D eigenvalue weighted by Crippen LogP contribution is 2.08. The Bertz CT molecular complexity index is 648. The van der Waals surface area contributed by atoms with Crippen LogP contribution in [0.2, 0.25) is 0 Å². The maximum absolute atomic E-state index is 10.0. The zero-order valence-corrected chi connectivity index (χ0v) is 21.0. The van der Waals surface area contributed by atoms with Gasteiger partial charge in [-0.1, -0.05) is 83.6 Å². The van der Waals surface area contributed by atoms with E-state index in [1.54, 1.807) is 13.0 Å². The highest BCUT2D eigenvalue weighted by atomic mass is 16.1. The number of nitrogens with two attached hydrogens (primary N) is 1. The van der Waals surface area contributed by atoms with Gasteiger partial charge in [0.05, 0.1) is 6.07 Å². The fourth-order valence-corrected chi connectivity index (χ4v) is 1.62. The molecule has 0 atom stereocenters. The fraction of sp³-hybridized carbons (Fsp3) is 0.444. The summed E-state index contributed by atoms with van der Waals surface area (Å²) in [5.41, 5.74) is 8.63. The zero-order chi connectivity index (χ0) is 24.9. The topological polar surface area (TPSA) is 90.7 Å². The minimum Gasteiger partial charge on any atom is -0.399 e. The van der Waals surface area contributed by atoms with Crippen LogP contribution in [0.1, 0.15) is 86.6 Å². The molecule has 0 radical (unpaired) electrons. The second-order valence-corrected chi connectivity index (χ2v) is 5.82. The Hall–Kier alpha value is -2.93. The van der Waals surface area contributed by atoms with E-state index in [1.807, 2.05) is 103 Å². The number of carbonyl (C=O) groups is 1. The number of allylic oxidation sites excluding steroid dienone is 5. The predicted octanol–water partition coefficient (Wildman–Crippen LogP) is 8.17. The van der Waals surface area contributed by atoms with Crippen molar-refractivity contribution < 1.29 is 4.79 Å². The first-order valence-electron chi connectivity index (χ1n) is 11.1. The van der Waals surface area contributed by atoms with Gasteiger partial charge in [-0.15, -0.1) is 0 Å². The molecule has 0 saturated heterocycles. The van der Waals surface area contributed by atoms with E-state index in [2.05, 4.69) is 0 Å². The van der Waals surface area contributed by atoms with Crippen LogP contribution in [0.4, 0.5) is 5.69 Å². The molecule has 1 aromatic carbocycles. The number of hydrogen-bond donors (Lipinski definition) is 2. The van der Waals surface area contributed by atoms with Gasteiger partial charge in [0.2, 0.25) is 0 Å². The maximum Gasteiger partial charge on any atom is 0.129 e. The lowest BCUT2D eigenvalue weighted by atomic mass is 10.1. The summed E-state index contributed by atoms with van der Waals surface area (Å²) in [4.78, 5) is 10.0. The van der Waals surface area contributed by atoms with Crippen LogP contribution in [0, 0.1) is 16.7 Å². The Morgan fingerprint density at radius 3 is 1.90 bits per heavy atom. The molecule has 31 heavy (non-hydrogen) atoms. The van der Waals surface area contributed by atoms with Crippen molar-refractivity contribution in [3.8, 4) is 6.07 Å². The summed E-state index contributed by atoms with van der Waals surface area (Å²) < 4.78 is 0. The average Bonchev–Trinajstić information content (AvgIpc) is 2.78. The Kier molecular flexibility index (Phi) is 36.4. The van der Waals surface area contributed by atoms with E-state index >= 15 is 0 Å². The van der Waals surface area contributed by atoms with Crippen LogP contribution in [0.5, 0.6) is 0 Å². The number of rotatable bonds is 7. The van der Waals surface area contributed by atoms with Crippen molar-refractivity contribution in [2.75, 3.05) is 5.73 Å². The number of anilines is 1. The summed E-state index contributed by atoms with van der Waals surface area (Å²) in [7, 11) is 0. The SMILES string of the molecule is CC.CC.CC(/C=C/c1ccc(N)cc1)=C\C=C/C=N.CCCC#N.CCCC(C)=O. The van der Waals surface area contributed by atoms with Crippen molar-refractivity contribution >= 4 is 23.8 Å². The number of nitrogen functional groups attached to an aromatic ring is 1. The number of ketones is 1. The van der Waals surface area contributed by atoms with Crippen molar-refractivity contribution in [2.45, 2.75) is 81.1 Å². The van der Waals surface area contributed by atoms with E-state index in [0.29, 0.717) is 6.42 Å². The van der Waals surface area contributed by atoms with E-state index < -0.39 is 0 Å². The molecule has 1 aromatic rings. The summed E-state index contributed by atoms with van der Waals surface area (Å²) in [6.07, 6.45) is 14.2. The number of nitrogens with zero attached hydrogens (tertiary/aromatic N) is 1. The third kappa shape index (κ3) is 34.9. The van der Waals surface area contributed by atoms with E-state index in [9.17, 15) is 4.79 Å². The van der Waals surface area contributed by atoms with Crippen molar-refractivity contribution in [3.63, 3.8) is 0 Å². The standard InChI is InChI=1S/C14H16N2.C5H10O.C4H7N.2C2H6/c1-12(4-2-3-11-15)5-6-13-7-9-14(16)10-8-13;1-3-4-5(2)6;1-2-3-4-5;2*1-2/h2-11,15H,16H2,1H3;3-4H2,1-2H3;2-3H2,1H3;2*1-2H3/b3-2-,6-5+,12-4+,15-11?;;;;. The Morgan fingerprint density at radius 1 is 1.03 bits per heavy atom. The van der Waals surface area contributed by atoms with Gasteiger partial charge in [-0.3, -0.25) is 0 Å². The van der Waals surface area contributed by atoms with Crippen LogP contribution < -0.4 is 5.73 Å². The molecule has 0 aliphatic carbocycles. The number of carbonyl (C=O) groups excluding carboxylic acids is 1. The monoisotopic (exact) mass is 427 g/mol. The molecule has 4 heteroatoms. The van der Waals surface area contributed by atoms with Crippen LogP contribution in [0.25, 0.3) is 6.08 Å². The summed E-state index contributed by atoms with van der Waals surface area (Å²) in [5, 5.41) is 14.6. The van der Waals surface area contributed by atoms with Crippen molar-refractivity contribution in [1.29, 1.82) is 10.7 Å². The summed E-state index contributed by atoms with van der Waals surface area (Å²) >= 11 is 0. The van der Waals surface area contributed by atoms with Crippen LogP contribution in [-0.2, 0) is 4.79 Å². The van der Waals surface area contributed by atoms with E-state index in [1.165, 1.54) is 6.21 Å². The molecule has 0 saturated carbocycles. The molecule has 1 rings (SSSR count). The minimum absolute atomic E-state index is 0.289. The zero-order valence-electron chi connectivity index (χ0n) is 21.0. The number of nitriles is 1. The minimum atomic E-state index is 0.289. The lowest BCUT2D eigenvalue weighted by Gasteiger charge is -1.94. The predicted molar refractivity (Wildman–Crippen MR) is 140 cm³/mol. The molecule has 0 spiro atoms. The van der Waals surface area contributed by atoms with Crippen molar-refractivity contribution in [1.82, 2.24) is 0 Å². The molecule has 0 unspecified atom stereocenters. The van der Waals surface area contributed by atoms with Crippen molar-refractivity contribution in [2.24, 2.45) is 0 Å². The first kappa shape index (κ1) is 35.5. The summed E-state index contributed by atoms with van der Waals surface area (Å²) in [6.45, 7) is 15.6. The van der Waals surface area contributed by atoms with Gasteiger partial charge < -0.3 is 15.9 Å². The van der Waals surface area contributed by atoms with E-state index in [0.717, 1.165) is 36.1 Å². The molecule has 174 valence electrons. The number of nitrogens with one attached hydrogen (secondary N) is 1. The molecule has 0 aliphatic rings. The number of Topliss-reactive ketones (excluding diaryl/α,β-unsaturated/α-hetero) is 1. The highest BCUT2D eigenvalue weighted by Gasteiger charge is 1.86. The van der Waals surface area contributed by atoms with Crippen molar-refractivity contribution in [3.05, 3.63) is 59.7 Å². The van der Waals surface area contributed by atoms with E-state index in [4.69, 9.17) is 16.4 Å². The van der Waals surface area contributed by atoms with Gasteiger partial charge in [0.25, 0.3) is 0 Å². The lowest BCUT2D eigenvalue weighted by molar-refractivity contribution is -0.117. The van der Waals surface area contributed by atoms with Gasteiger partial charge in [-0.25, -0.2) is 0 Å². The van der Waals surface area contributed by atoms with Crippen LogP contribution in [0.3, 0.4) is 0 Å². The van der Waals surface area contributed by atoms with Crippen LogP contribution in [0.15, 0.2) is 54.1 Å². The van der Waals surface area contributed by atoms with Gasteiger partial charge in [0, 0.05) is 24.7 Å². The first-order chi connectivity index (χ1) is 14.9. The Balaban J connectivity index is -0.000000201. The molecular formula is C27H45N3O. The average molecular weight is 428 g/mol. The third-order valence-electron chi connectivity index (χ3n) is 3.01. The number of hydrogen-bond acceptors (Lipinski definition) is 4. The maximum atomic E-state index is 10.0. The quantitative estimate of drug-likeness (QED) is 0.261. The molecular weight excluding hydrogens is 382 g/mol. The Labute approximate surface area is 192 Å². The Morgan fingerprint density at radius 2 is 1.58 bits per heavy atom. The van der Waals surface area contributed by atoms with Gasteiger partial charge in [0.15, 0.2) is 0 Å². The summed E-state index contributed by atoms with van der Waals surface area (Å²) in [6, 6.07) is 9.74. The lowest BCUT2D eigenvalue weighted by Crippen LogP contribution is -1.84. The summed E-state index contributed by atoms with van der Waals surface area (Å²) in [5.74, 6) is 0.289. The second-order valence-electron chi connectivity index (χ2n) is 5.82. The molecule has 0 aliphatic heterocycles. The molecule has 3 N–H and O–H groups in total. The van der Waals surface area contributed by atoms with Crippen LogP contribution in [-0.4, -0.2) is 12.0 Å². The molecule has 0 fully saturated rings. The number of unbranched alkanes of at least 4 members (excludes halogenated alkanes) is 1. The molecule has 0 amide bonds. The van der Waals surface area contributed by atoms with Gasteiger partial charge in [-0.2, -0.15) is 5.26 Å². The molecule has 4 nitrogen and oxygen atoms in total.